The maximum Gasteiger partial charge on any atom is 0.270 e. The van der Waals surface area contributed by atoms with Crippen molar-refractivity contribution in [1.82, 2.24) is 5.01 Å². The molecular weight excluding hydrogens is 466 g/mol. The van der Waals surface area contributed by atoms with Crippen LogP contribution in [0.2, 0.25) is 0 Å². The Morgan fingerprint density at radius 1 is 1.10 bits per heavy atom. The number of amides is 2. The third-order valence-corrected chi connectivity index (χ3v) is 7.65. The second-order valence-electron chi connectivity index (χ2n) is 8.51. The molecule has 3 fully saturated rings. The van der Waals surface area contributed by atoms with Gasteiger partial charge in [-0.25, -0.2) is 0 Å². The van der Waals surface area contributed by atoms with E-state index in [1.165, 1.54) is 18.3 Å². The molecule has 31 heavy (non-hydrogen) atoms. The van der Waals surface area contributed by atoms with Crippen molar-refractivity contribution in [2.24, 2.45) is 40.6 Å². The number of nitro groups is 1. The summed E-state index contributed by atoms with van der Waals surface area (Å²) in [6, 6.07) is 7.77. The highest BCUT2D eigenvalue weighted by atomic mass is 79.9. The van der Waals surface area contributed by atoms with Crippen LogP contribution in [0.25, 0.3) is 11.3 Å². The molecule has 1 saturated heterocycles. The lowest BCUT2D eigenvalue weighted by atomic mass is 9.63. The molecule has 4 aliphatic carbocycles. The van der Waals surface area contributed by atoms with Crippen LogP contribution in [0.1, 0.15) is 12.2 Å². The summed E-state index contributed by atoms with van der Waals surface area (Å²) in [6.07, 6.45) is 6.73. The Labute approximate surface area is 184 Å². The number of carbonyl (C=O) groups is 2. The van der Waals surface area contributed by atoms with Crippen LogP contribution >= 0.6 is 15.9 Å². The number of rotatable bonds is 4. The molecule has 2 aromatic rings. The van der Waals surface area contributed by atoms with E-state index in [-0.39, 0.29) is 41.2 Å². The van der Waals surface area contributed by atoms with E-state index in [0.29, 0.717) is 33.4 Å². The molecule has 1 aromatic heterocycles. The average Bonchev–Trinajstić information content (AvgIpc) is 3.40. The lowest BCUT2D eigenvalue weighted by Crippen LogP contribution is -2.40. The molecule has 9 heteroatoms. The number of nitro benzene ring substituents is 1. The molecule has 0 N–H and O–H groups in total. The number of halogens is 1. The Balaban J connectivity index is 1.23. The second kappa shape index (κ2) is 6.46. The van der Waals surface area contributed by atoms with E-state index in [1.807, 2.05) is 0 Å². The van der Waals surface area contributed by atoms with Crippen LogP contribution in [0, 0.1) is 45.6 Å². The number of hydrazone groups is 1. The van der Waals surface area contributed by atoms with E-state index in [2.05, 4.69) is 33.2 Å². The monoisotopic (exact) mass is 481 g/mol. The van der Waals surface area contributed by atoms with E-state index >= 15 is 0 Å². The Morgan fingerprint density at radius 3 is 2.39 bits per heavy atom. The molecule has 2 bridgehead atoms. The summed E-state index contributed by atoms with van der Waals surface area (Å²) in [5, 5.41) is 16.1. The number of hydrogen-bond acceptors (Lipinski definition) is 6. The largest absolute Gasteiger partial charge is 0.455 e. The molecule has 2 heterocycles. The lowest BCUT2D eigenvalue weighted by Gasteiger charge is -2.37. The number of carbonyl (C=O) groups excluding carboxylic acids is 2. The van der Waals surface area contributed by atoms with Gasteiger partial charge in [-0.05, 0) is 64.2 Å². The molecule has 156 valence electrons. The summed E-state index contributed by atoms with van der Waals surface area (Å²) >= 11 is 3.33. The van der Waals surface area contributed by atoms with Crippen molar-refractivity contribution in [2.45, 2.75) is 6.42 Å². The van der Waals surface area contributed by atoms with Crippen LogP contribution in [0.15, 0.2) is 56.5 Å². The molecule has 0 radical (unpaired) electrons. The minimum Gasteiger partial charge on any atom is -0.455 e. The van der Waals surface area contributed by atoms with Crippen LogP contribution in [-0.4, -0.2) is 28.0 Å². The maximum atomic E-state index is 12.9. The van der Waals surface area contributed by atoms with Crippen LogP contribution < -0.4 is 0 Å². The Bertz CT molecular complexity index is 1180. The van der Waals surface area contributed by atoms with Crippen molar-refractivity contribution in [3.63, 3.8) is 0 Å². The van der Waals surface area contributed by atoms with Gasteiger partial charge in [0, 0.05) is 22.2 Å². The fourth-order valence-corrected chi connectivity index (χ4v) is 6.12. The molecule has 2 saturated carbocycles. The van der Waals surface area contributed by atoms with Crippen molar-refractivity contribution in [3.05, 3.63) is 62.8 Å². The summed E-state index contributed by atoms with van der Waals surface area (Å²) in [5.74, 6) is 1.25. The van der Waals surface area contributed by atoms with Gasteiger partial charge in [0.05, 0.1) is 23.0 Å². The topological polar surface area (TPSA) is 106 Å². The Hall–Kier alpha value is -3.07. The van der Waals surface area contributed by atoms with Gasteiger partial charge >= 0.3 is 0 Å². The standard InChI is InChI=1S/C22H16BrN3O5/c23-17-7-10(26(29)30)1-3-14(17)18-6-2-11(31-18)9-24-25-21(27)19-12-4-5-13(16-8-15(12)16)20(19)22(25)28/h1-7,9,12-13,15-16,19-20H,8H2/b24-9-/t12-,13-,15-,16+,19-,20+/m1/s1. The van der Waals surface area contributed by atoms with Crippen LogP contribution in [0.4, 0.5) is 5.69 Å². The summed E-state index contributed by atoms with van der Waals surface area (Å²) in [6.45, 7) is 0. The summed E-state index contributed by atoms with van der Waals surface area (Å²) in [7, 11) is 0. The fraction of sp³-hybridized carbons (Fsp3) is 0.318. The number of non-ortho nitro benzene ring substituents is 1. The van der Waals surface area contributed by atoms with Crippen molar-refractivity contribution >= 4 is 39.6 Å². The molecule has 1 aromatic carbocycles. The van der Waals surface area contributed by atoms with E-state index in [9.17, 15) is 19.7 Å². The fourth-order valence-electron chi connectivity index (χ4n) is 5.55. The third kappa shape index (κ3) is 2.69. The van der Waals surface area contributed by atoms with Gasteiger partial charge in [0.15, 0.2) is 0 Å². The van der Waals surface area contributed by atoms with Crippen LogP contribution in [0.5, 0.6) is 0 Å². The van der Waals surface area contributed by atoms with Gasteiger partial charge in [-0.15, -0.1) is 0 Å². The van der Waals surface area contributed by atoms with Gasteiger partial charge in [0.1, 0.15) is 11.5 Å². The zero-order valence-electron chi connectivity index (χ0n) is 16.1. The van der Waals surface area contributed by atoms with Gasteiger partial charge in [0.25, 0.3) is 17.5 Å². The average molecular weight is 482 g/mol. The first-order chi connectivity index (χ1) is 14.9. The first-order valence-electron chi connectivity index (χ1n) is 10.1. The van der Waals surface area contributed by atoms with Gasteiger partial charge in [-0.1, -0.05) is 12.2 Å². The number of hydrogen-bond donors (Lipinski definition) is 0. The van der Waals surface area contributed by atoms with E-state index in [0.717, 1.165) is 11.4 Å². The number of nitrogens with zero attached hydrogens (tertiary/aromatic N) is 3. The van der Waals surface area contributed by atoms with Crippen molar-refractivity contribution < 1.29 is 18.9 Å². The Kier molecular flexibility index (Phi) is 3.89. The summed E-state index contributed by atoms with van der Waals surface area (Å²) in [5.41, 5.74) is 0.615. The van der Waals surface area contributed by atoms with E-state index < -0.39 is 4.92 Å². The molecule has 6 atom stereocenters. The third-order valence-electron chi connectivity index (χ3n) is 7.00. The SMILES string of the molecule is O=C1[C@@H]2[C@@H]3C=C[C@H]([C@@H]4C[C@H]34)[C@@H]2C(=O)N1/N=C\c1ccc(-c2ccc([N+](=O)[O-])cc2Br)o1. The molecule has 0 unspecified atom stereocenters. The molecule has 0 spiro atoms. The quantitative estimate of drug-likeness (QED) is 0.215. The van der Waals surface area contributed by atoms with Crippen LogP contribution in [-0.2, 0) is 9.59 Å². The van der Waals surface area contributed by atoms with Gasteiger partial charge in [-0.2, -0.15) is 10.1 Å². The Morgan fingerprint density at radius 2 is 1.77 bits per heavy atom. The van der Waals surface area contributed by atoms with E-state index in [4.69, 9.17) is 4.42 Å². The lowest BCUT2D eigenvalue weighted by molar-refractivity contribution is -0.384. The highest BCUT2D eigenvalue weighted by Crippen LogP contribution is 2.65. The molecule has 7 rings (SSSR count). The first-order valence-corrected chi connectivity index (χ1v) is 10.9. The predicted octanol–water partition coefficient (Wildman–Crippen LogP) is 4.00. The minimum atomic E-state index is -0.471. The molecule has 1 aliphatic heterocycles. The zero-order chi connectivity index (χ0) is 21.4. The van der Waals surface area contributed by atoms with Crippen molar-refractivity contribution in [2.75, 3.05) is 0 Å². The zero-order valence-corrected chi connectivity index (χ0v) is 17.6. The minimum absolute atomic E-state index is 0.0300. The van der Waals surface area contributed by atoms with Crippen LogP contribution in [0.3, 0.4) is 0 Å². The van der Waals surface area contributed by atoms with Gasteiger partial charge < -0.3 is 4.42 Å². The maximum absolute atomic E-state index is 12.9. The number of allylic oxidation sites excluding steroid dienone is 2. The highest BCUT2D eigenvalue weighted by Gasteiger charge is 2.67. The molecule has 5 aliphatic rings. The first kappa shape index (κ1) is 18.7. The summed E-state index contributed by atoms with van der Waals surface area (Å²) in [4.78, 5) is 36.3. The van der Waals surface area contributed by atoms with E-state index in [1.54, 1.807) is 18.2 Å². The number of imide groups is 1. The summed E-state index contributed by atoms with van der Waals surface area (Å²) < 4.78 is 6.29. The highest BCUT2D eigenvalue weighted by molar-refractivity contribution is 9.10. The second-order valence-corrected chi connectivity index (χ2v) is 9.37. The number of benzene rings is 1. The van der Waals surface area contributed by atoms with Gasteiger partial charge in [-0.3, -0.25) is 19.7 Å². The molecule has 2 amide bonds. The predicted molar refractivity (Wildman–Crippen MR) is 113 cm³/mol. The van der Waals surface area contributed by atoms with Gasteiger partial charge in [0.2, 0.25) is 0 Å². The smallest absolute Gasteiger partial charge is 0.270 e. The normalized spacial score (nSPS) is 32.6. The van der Waals surface area contributed by atoms with Crippen molar-refractivity contribution in [1.29, 1.82) is 0 Å². The van der Waals surface area contributed by atoms with Crippen molar-refractivity contribution in [3.8, 4) is 11.3 Å². The number of furan rings is 1. The molecular formula is C22H16BrN3O5. The molecule has 8 nitrogen and oxygen atoms in total.